The van der Waals surface area contributed by atoms with Crippen LogP contribution in [-0.4, -0.2) is 22.0 Å². The van der Waals surface area contributed by atoms with Crippen LogP contribution < -0.4 is 16.2 Å². The summed E-state index contributed by atoms with van der Waals surface area (Å²) < 4.78 is 0. The van der Waals surface area contributed by atoms with Crippen LogP contribution in [0.2, 0.25) is 0 Å². The molecule has 1 aliphatic carbocycles. The highest BCUT2D eigenvalue weighted by Gasteiger charge is 2.21. The summed E-state index contributed by atoms with van der Waals surface area (Å²) in [5.74, 6) is 0.553. The molecule has 0 bridgehead atoms. The van der Waals surface area contributed by atoms with Gasteiger partial charge in [0, 0.05) is 29.6 Å². The second-order valence-corrected chi connectivity index (χ2v) is 7.28. The van der Waals surface area contributed by atoms with E-state index in [1.807, 2.05) is 24.4 Å². The van der Waals surface area contributed by atoms with Crippen molar-refractivity contribution in [3.05, 3.63) is 36.0 Å². The molecule has 2 aromatic rings. The Balaban J connectivity index is 1.41. The number of hydrogen-bond acceptors (Lipinski definition) is 2. The Hall–Kier alpha value is -2.08. The molecule has 3 rings (SSSR count). The van der Waals surface area contributed by atoms with Gasteiger partial charge < -0.3 is 10.3 Å². The molecule has 0 aliphatic heterocycles. The Labute approximate surface area is 153 Å². The highest BCUT2D eigenvalue weighted by molar-refractivity contribution is 7.80. The highest BCUT2D eigenvalue weighted by Crippen LogP contribution is 2.23. The van der Waals surface area contributed by atoms with Gasteiger partial charge in [0.2, 0.25) is 5.91 Å². The van der Waals surface area contributed by atoms with E-state index in [0.29, 0.717) is 29.9 Å². The van der Waals surface area contributed by atoms with E-state index in [0.717, 1.165) is 17.5 Å². The van der Waals surface area contributed by atoms with Gasteiger partial charge in [0.25, 0.3) is 0 Å². The lowest BCUT2D eigenvalue weighted by molar-refractivity contribution is -0.121. The minimum Gasteiger partial charge on any atom is -0.361 e. The number of amides is 1. The van der Waals surface area contributed by atoms with Gasteiger partial charge in [-0.25, -0.2) is 0 Å². The number of hydrazine groups is 1. The number of carbonyl (C=O) groups excluding carboxylic acids is 1. The Bertz CT molecular complexity index is 742. The van der Waals surface area contributed by atoms with Gasteiger partial charge in [-0.2, -0.15) is 0 Å². The minimum atomic E-state index is -0.0638. The monoisotopic (exact) mass is 358 g/mol. The highest BCUT2D eigenvalue weighted by atomic mass is 32.1. The van der Waals surface area contributed by atoms with Crippen molar-refractivity contribution in [3.8, 4) is 0 Å². The summed E-state index contributed by atoms with van der Waals surface area (Å²) in [6.07, 6.45) is 7.98. The predicted octanol–water partition coefficient (Wildman–Crippen LogP) is 3.17. The second-order valence-electron chi connectivity index (χ2n) is 6.87. The number of rotatable bonds is 4. The number of aromatic amines is 1. The Kier molecular flexibility index (Phi) is 5.91. The quantitative estimate of drug-likeness (QED) is 0.501. The summed E-state index contributed by atoms with van der Waals surface area (Å²) in [6.45, 7) is 2.25. The Morgan fingerprint density at radius 1 is 1.24 bits per heavy atom. The Morgan fingerprint density at radius 2 is 2.04 bits per heavy atom. The van der Waals surface area contributed by atoms with Crippen molar-refractivity contribution in [2.45, 2.75) is 51.5 Å². The summed E-state index contributed by atoms with van der Waals surface area (Å²) in [5.41, 5.74) is 7.78. The number of fused-ring (bicyclic) bond motifs is 1. The van der Waals surface area contributed by atoms with Gasteiger partial charge in [0.05, 0.1) is 0 Å². The third kappa shape index (κ3) is 4.72. The number of hydrogen-bond donors (Lipinski definition) is 4. The van der Waals surface area contributed by atoms with Gasteiger partial charge in [-0.15, -0.1) is 0 Å². The van der Waals surface area contributed by atoms with Gasteiger partial charge >= 0.3 is 0 Å². The third-order valence-electron chi connectivity index (χ3n) is 5.04. The van der Waals surface area contributed by atoms with E-state index in [1.54, 1.807) is 0 Å². The van der Waals surface area contributed by atoms with Gasteiger partial charge in [0.15, 0.2) is 5.11 Å². The first-order valence-electron chi connectivity index (χ1n) is 9.04. The van der Waals surface area contributed by atoms with Crippen LogP contribution in [0.25, 0.3) is 10.9 Å². The molecule has 1 aromatic heterocycles. The number of thiocarbonyl (C=S) groups is 1. The molecule has 1 heterocycles. The largest absolute Gasteiger partial charge is 0.361 e. The smallest absolute Gasteiger partial charge is 0.238 e. The molecule has 25 heavy (non-hydrogen) atoms. The maximum absolute atomic E-state index is 12.1. The van der Waals surface area contributed by atoms with E-state index in [2.05, 4.69) is 34.1 Å². The fraction of sp³-hybridized carbons (Fsp3) is 0.474. The number of para-hydroxylation sites is 1. The van der Waals surface area contributed by atoms with E-state index >= 15 is 0 Å². The maximum atomic E-state index is 12.1. The molecule has 0 radical (unpaired) electrons. The molecular formula is C19H26N4OS. The number of carbonyl (C=O) groups is 1. The van der Waals surface area contributed by atoms with E-state index < -0.39 is 0 Å². The predicted molar refractivity (Wildman–Crippen MR) is 105 cm³/mol. The first-order valence-corrected chi connectivity index (χ1v) is 9.44. The molecule has 0 saturated heterocycles. The molecule has 134 valence electrons. The van der Waals surface area contributed by atoms with Gasteiger partial charge in [-0.3, -0.25) is 15.6 Å². The fourth-order valence-electron chi connectivity index (χ4n) is 3.51. The van der Waals surface area contributed by atoms with Crippen LogP contribution >= 0.6 is 12.2 Å². The van der Waals surface area contributed by atoms with Crippen molar-refractivity contribution in [2.24, 2.45) is 5.92 Å². The van der Waals surface area contributed by atoms with Crippen molar-refractivity contribution < 1.29 is 4.79 Å². The van der Waals surface area contributed by atoms with Crippen LogP contribution in [0.15, 0.2) is 30.5 Å². The van der Waals surface area contributed by atoms with Crippen LogP contribution in [0.3, 0.4) is 0 Å². The minimum absolute atomic E-state index is 0.0638. The fourth-order valence-corrected chi connectivity index (χ4v) is 3.71. The lowest BCUT2D eigenvalue weighted by atomic mass is 9.86. The number of nitrogens with one attached hydrogen (secondary N) is 4. The molecule has 2 atom stereocenters. The second kappa shape index (κ2) is 8.34. The average molecular weight is 359 g/mol. The molecule has 0 unspecified atom stereocenters. The zero-order valence-electron chi connectivity index (χ0n) is 14.6. The lowest BCUT2D eigenvalue weighted by Gasteiger charge is -2.30. The molecular weight excluding hydrogens is 332 g/mol. The van der Waals surface area contributed by atoms with Crippen molar-refractivity contribution >= 4 is 34.1 Å². The molecule has 0 spiro atoms. The number of aromatic nitrogens is 1. The summed E-state index contributed by atoms with van der Waals surface area (Å²) in [5, 5.41) is 4.99. The van der Waals surface area contributed by atoms with Crippen LogP contribution in [-0.2, 0) is 11.2 Å². The van der Waals surface area contributed by atoms with E-state index in [9.17, 15) is 4.79 Å². The van der Waals surface area contributed by atoms with Crippen molar-refractivity contribution in [3.63, 3.8) is 0 Å². The van der Waals surface area contributed by atoms with Crippen LogP contribution in [0.5, 0.6) is 0 Å². The molecule has 1 aromatic carbocycles. The van der Waals surface area contributed by atoms with Crippen LogP contribution in [0.4, 0.5) is 0 Å². The third-order valence-corrected chi connectivity index (χ3v) is 5.26. The molecule has 1 aliphatic rings. The lowest BCUT2D eigenvalue weighted by Crippen LogP contribution is -2.51. The molecule has 1 amide bonds. The van der Waals surface area contributed by atoms with Crippen molar-refractivity contribution in [1.29, 1.82) is 0 Å². The molecule has 1 saturated carbocycles. The average Bonchev–Trinajstić information content (AvgIpc) is 3.03. The number of aryl methyl sites for hydroxylation is 1. The zero-order chi connectivity index (χ0) is 17.6. The van der Waals surface area contributed by atoms with E-state index in [1.165, 1.54) is 24.6 Å². The van der Waals surface area contributed by atoms with Gasteiger partial charge in [0.1, 0.15) is 0 Å². The van der Waals surface area contributed by atoms with Crippen LogP contribution in [0.1, 0.15) is 44.6 Å². The summed E-state index contributed by atoms with van der Waals surface area (Å²) >= 11 is 5.29. The number of benzene rings is 1. The van der Waals surface area contributed by atoms with Gasteiger partial charge in [-0.05, 0) is 49.0 Å². The van der Waals surface area contributed by atoms with Crippen molar-refractivity contribution in [1.82, 2.24) is 21.2 Å². The molecule has 5 nitrogen and oxygen atoms in total. The van der Waals surface area contributed by atoms with E-state index in [-0.39, 0.29) is 5.91 Å². The van der Waals surface area contributed by atoms with Gasteiger partial charge in [-0.1, -0.05) is 38.0 Å². The topological polar surface area (TPSA) is 68.9 Å². The van der Waals surface area contributed by atoms with Crippen LogP contribution in [0, 0.1) is 5.92 Å². The van der Waals surface area contributed by atoms with Crippen molar-refractivity contribution in [2.75, 3.05) is 0 Å². The normalized spacial score (nSPS) is 20.2. The SMILES string of the molecule is C[C@H]1CCCC[C@H]1NC(=S)NNC(=O)CCc1c[nH]c2ccccc12. The first-order chi connectivity index (χ1) is 12.1. The molecule has 4 N–H and O–H groups in total. The maximum Gasteiger partial charge on any atom is 0.238 e. The Morgan fingerprint density at radius 3 is 2.88 bits per heavy atom. The molecule has 1 fully saturated rings. The first kappa shape index (κ1) is 17.7. The summed E-state index contributed by atoms with van der Waals surface area (Å²) in [6, 6.07) is 8.52. The zero-order valence-corrected chi connectivity index (χ0v) is 15.4. The summed E-state index contributed by atoms with van der Waals surface area (Å²) in [4.78, 5) is 15.3. The number of H-pyrrole nitrogens is 1. The van der Waals surface area contributed by atoms with E-state index in [4.69, 9.17) is 12.2 Å². The summed E-state index contributed by atoms with van der Waals surface area (Å²) in [7, 11) is 0. The molecule has 6 heteroatoms. The standard InChI is InChI=1S/C19H26N4OS/c1-13-6-2-4-8-16(13)21-19(25)23-22-18(24)11-10-14-12-20-17-9-5-3-7-15(14)17/h3,5,7,9,12-13,16,20H,2,4,6,8,10-11H2,1H3,(H,22,24)(H2,21,23,25)/t13-,16+/m0/s1.